The van der Waals surface area contributed by atoms with E-state index in [0.29, 0.717) is 5.69 Å². The van der Waals surface area contributed by atoms with Gasteiger partial charge in [0.15, 0.2) is 0 Å². The Bertz CT molecular complexity index is 1720. The van der Waals surface area contributed by atoms with E-state index < -0.39 is 5.54 Å². The van der Waals surface area contributed by atoms with E-state index in [-0.39, 0.29) is 11.6 Å². The van der Waals surface area contributed by atoms with Gasteiger partial charge in [0.1, 0.15) is 23.1 Å². The molecule has 0 saturated heterocycles. The first-order valence-corrected chi connectivity index (χ1v) is 12.6. The lowest BCUT2D eigenvalue weighted by Crippen LogP contribution is -2.38. The van der Waals surface area contributed by atoms with Gasteiger partial charge in [-0.05, 0) is 46.5 Å². The molecule has 6 aromatic rings. The van der Waals surface area contributed by atoms with Crippen molar-refractivity contribution in [1.29, 1.82) is 0 Å². The Morgan fingerprint density at radius 2 is 1.31 bits per heavy atom. The summed E-state index contributed by atoms with van der Waals surface area (Å²) in [5, 5.41) is 5.98. The van der Waals surface area contributed by atoms with Gasteiger partial charge in [-0.25, -0.2) is 9.07 Å². The predicted molar refractivity (Wildman–Crippen MR) is 154 cm³/mol. The first-order chi connectivity index (χ1) is 19.2. The Hall–Kier alpha value is -5.34. The van der Waals surface area contributed by atoms with E-state index >= 15 is 0 Å². The monoisotopic (exact) mass is 506 g/mol. The summed E-state index contributed by atoms with van der Waals surface area (Å²) in [7, 11) is 0. The minimum Gasteiger partial charge on any atom is -0.361 e. The van der Waals surface area contributed by atoms with Gasteiger partial charge < -0.3 is 4.85 Å². The van der Waals surface area contributed by atoms with Crippen molar-refractivity contribution in [3.05, 3.63) is 173 Å². The van der Waals surface area contributed by atoms with Gasteiger partial charge in [-0.2, -0.15) is 5.10 Å². The minimum atomic E-state index is -0.839. The molecule has 0 atom stereocenters. The normalized spacial score (nSPS) is 11.6. The fourth-order valence-corrected chi connectivity index (χ4v) is 5.16. The largest absolute Gasteiger partial charge is 0.361 e. The molecule has 186 valence electrons. The van der Waals surface area contributed by atoms with Gasteiger partial charge in [0.25, 0.3) is 5.82 Å². The standard InChI is InChI=1S/C34H23FN4/c1-36-33-23-30-31(21-20-25-12-11-19-29(35)22-25)38-39(32(30)24-37-33)34(26-13-5-2-6-14-26,27-15-7-3-8-16-27)28-17-9-4-10-18-28/h2-24H/b21-20+. The maximum atomic E-state index is 13.9. The Kier molecular flexibility index (Phi) is 6.28. The van der Waals surface area contributed by atoms with Crippen molar-refractivity contribution in [3.63, 3.8) is 0 Å². The van der Waals surface area contributed by atoms with Crippen molar-refractivity contribution < 1.29 is 4.39 Å². The molecule has 4 aromatic carbocycles. The molecular weight excluding hydrogens is 483 g/mol. The predicted octanol–water partition coefficient (Wildman–Crippen LogP) is 8.13. The Morgan fingerprint density at radius 3 is 1.85 bits per heavy atom. The third kappa shape index (κ3) is 4.28. The Morgan fingerprint density at radius 1 is 0.718 bits per heavy atom. The van der Waals surface area contributed by atoms with Crippen LogP contribution in [0.2, 0.25) is 0 Å². The number of aromatic nitrogens is 3. The number of benzene rings is 4. The van der Waals surface area contributed by atoms with E-state index in [9.17, 15) is 4.39 Å². The third-order valence-corrected chi connectivity index (χ3v) is 6.87. The van der Waals surface area contributed by atoms with Crippen molar-refractivity contribution in [3.8, 4) is 0 Å². The summed E-state index contributed by atoms with van der Waals surface area (Å²) in [6, 6.07) is 39.0. The van der Waals surface area contributed by atoms with Crippen molar-refractivity contribution >= 4 is 28.9 Å². The molecule has 0 radical (unpaired) electrons. The number of nitrogens with zero attached hydrogens (tertiary/aromatic N) is 4. The van der Waals surface area contributed by atoms with Crippen LogP contribution in [0.15, 0.2) is 128 Å². The zero-order valence-corrected chi connectivity index (χ0v) is 20.9. The van der Waals surface area contributed by atoms with E-state index in [1.165, 1.54) is 12.1 Å². The smallest absolute Gasteiger partial charge is 0.270 e. The molecule has 0 aliphatic rings. The lowest BCUT2D eigenvalue weighted by atomic mass is 9.77. The number of hydrogen-bond acceptors (Lipinski definition) is 2. The molecule has 0 aliphatic carbocycles. The third-order valence-electron chi connectivity index (χ3n) is 6.87. The molecule has 0 saturated carbocycles. The van der Waals surface area contributed by atoms with Gasteiger partial charge >= 0.3 is 0 Å². The molecule has 2 heterocycles. The summed E-state index contributed by atoms with van der Waals surface area (Å²) in [4.78, 5) is 8.00. The highest BCUT2D eigenvalue weighted by Gasteiger charge is 2.41. The van der Waals surface area contributed by atoms with E-state index in [1.807, 2.05) is 77.5 Å². The average molecular weight is 507 g/mol. The topological polar surface area (TPSA) is 35.1 Å². The average Bonchev–Trinajstić information content (AvgIpc) is 3.36. The molecule has 0 aliphatic heterocycles. The van der Waals surface area contributed by atoms with Crippen molar-refractivity contribution in [2.75, 3.05) is 0 Å². The summed E-state index contributed by atoms with van der Waals surface area (Å²) < 4.78 is 15.9. The summed E-state index contributed by atoms with van der Waals surface area (Å²) in [6.07, 6.45) is 5.42. The molecule has 39 heavy (non-hydrogen) atoms. The molecule has 4 nitrogen and oxygen atoms in total. The first kappa shape index (κ1) is 24.0. The first-order valence-electron chi connectivity index (χ1n) is 12.6. The van der Waals surface area contributed by atoms with Crippen LogP contribution >= 0.6 is 0 Å². The van der Waals surface area contributed by atoms with Gasteiger partial charge in [0, 0.05) is 5.39 Å². The number of hydrogen-bond donors (Lipinski definition) is 0. The van der Waals surface area contributed by atoms with Crippen LogP contribution in [0.5, 0.6) is 0 Å². The molecule has 0 amide bonds. The van der Waals surface area contributed by atoms with Gasteiger partial charge in [-0.15, -0.1) is 4.98 Å². The quantitative estimate of drug-likeness (QED) is 0.169. The second-order valence-corrected chi connectivity index (χ2v) is 9.17. The van der Waals surface area contributed by atoms with Gasteiger partial charge in [0.2, 0.25) is 0 Å². The lowest BCUT2D eigenvalue weighted by molar-refractivity contribution is 0.475. The van der Waals surface area contributed by atoms with Gasteiger partial charge in [0.05, 0.1) is 5.69 Å². The van der Waals surface area contributed by atoms with Crippen LogP contribution in [0.3, 0.4) is 0 Å². The highest BCUT2D eigenvalue weighted by Crippen LogP contribution is 2.43. The van der Waals surface area contributed by atoms with Crippen LogP contribution in [0.25, 0.3) is 27.9 Å². The zero-order chi connectivity index (χ0) is 26.7. The van der Waals surface area contributed by atoms with E-state index in [1.54, 1.807) is 18.3 Å². The molecule has 2 aromatic heterocycles. The lowest BCUT2D eigenvalue weighted by Gasteiger charge is -2.36. The minimum absolute atomic E-state index is 0.284. The summed E-state index contributed by atoms with van der Waals surface area (Å²) in [6.45, 7) is 7.56. The fraction of sp³-hybridized carbons (Fsp3) is 0.0294. The molecule has 0 fully saturated rings. The second kappa shape index (κ2) is 10.2. The molecular formula is C34H23FN4. The number of fused-ring (bicyclic) bond motifs is 1. The highest BCUT2D eigenvalue weighted by molar-refractivity contribution is 5.91. The highest BCUT2D eigenvalue weighted by atomic mass is 19.1. The van der Waals surface area contributed by atoms with E-state index in [0.717, 1.165) is 33.2 Å². The van der Waals surface area contributed by atoms with Crippen molar-refractivity contribution in [1.82, 2.24) is 14.8 Å². The number of halogens is 1. The second-order valence-electron chi connectivity index (χ2n) is 9.17. The van der Waals surface area contributed by atoms with Crippen LogP contribution in [-0.2, 0) is 5.54 Å². The van der Waals surface area contributed by atoms with Crippen LogP contribution in [0.4, 0.5) is 10.2 Å². The summed E-state index contributed by atoms with van der Waals surface area (Å²) >= 11 is 0. The molecule has 0 N–H and O–H groups in total. The fourth-order valence-electron chi connectivity index (χ4n) is 5.16. The van der Waals surface area contributed by atoms with Crippen LogP contribution < -0.4 is 0 Å². The maximum absolute atomic E-state index is 13.9. The molecule has 0 bridgehead atoms. The maximum Gasteiger partial charge on any atom is 0.270 e. The summed E-state index contributed by atoms with van der Waals surface area (Å²) in [5.41, 5.74) is 4.41. The van der Waals surface area contributed by atoms with E-state index in [2.05, 4.69) is 46.2 Å². The van der Waals surface area contributed by atoms with Crippen LogP contribution in [-0.4, -0.2) is 14.8 Å². The zero-order valence-electron chi connectivity index (χ0n) is 20.9. The molecule has 6 rings (SSSR count). The molecule has 0 unspecified atom stereocenters. The van der Waals surface area contributed by atoms with Crippen LogP contribution in [0, 0.1) is 12.4 Å². The molecule has 0 spiro atoms. The van der Waals surface area contributed by atoms with Gasteiger partial charge in [-0.1, -0.05) is 116 Å². The van der Waals surface area contributed by atoms with Crippen molar-refractivity contribution in [2.45, 2.75) is 5.54 Å². The SMILES string of the molecule is [C-]#[N+]c1cc2c(/C=C/c3cccc(F)c3)nn(C(c3ccccc3)(c3ccccc3)c3ccccc3)c2cn1. The Labute approximate surface area is 226 Å². The van der Waals surface area contributed by atoms with Gasteiger partial charge in [-0.3, -0.25) is 0 Å². The summed E-state index contributed by atoms with van der Waals surface area (Å²) in [5.74, 6) is -0.0181. The van der Waals surface area contributed by atoms with Crippen LogP contribution in [0.1, 0.15) is 27.9 Å². The van der Waals surface area contributed by atoms with E-state index in [4.69, 9.17) is 11.7 Å². The Balaban J connectivity index is 1.71. The molecule has 5 heteroatoms. The number of pyridine rings is 1. The van der Waals surface area contributed by atoms with Crippen molar-refractivity contribution in [2.24, 2.45) is 0 Å². The number of rotatable bonds is 6.